The summed E-state index contributed by atoms with van der Waals surface area (Å²) >= 11 is 0. The van der Waals surface area contributed by atoms with E-state index in [9.17, 15) is 0 Å². The number of aryl methyl sites for hydroxylation is 1. The van der Waals surface area contributed by atoms with Crippen LogP contribution in [0.2, 0.25) is 0 Å². The van der Waals surface area contributed by atoms with Gasteiger partial charge in [0.05, 0.1) is 11.1 Å². The molecule has 0 fully saturated rings. The van der Waals surface area contributed by atoms with Crippen molar-refractivity contribution >= 4 is 16.6 Å². The van der Waals surface area contributed by atoms with Crippen molar-refractivity contribution < 1.29 is 4.57 Å². The first-order chi connectivity index (χ1) is 7.77. The summed E-state index contributed by atoms with van der Waals surface area (Å²) in [7, 11) is 2.09. The molecule has 2 heteroatoms. The lowest BCUT2D eigenvalue weighted by Crippen LogP contribution is -2.30. The van der Waals surface area contributed by atoms with E-state index in [0.717, 1.165) is 13.1 Å². The fourth-order valence-electron chi connectivity index (χ4n) is 2.19. The minimum Gasteiger partial charge on any atom is -0.371 e. The lowest BCUT2D eigenvalue weighted by atomic mass is 10.1. The normalized spacial score (nSPS) is 10.7. The van der Waals surface area contributed by atoms with Crippen molar-refractivity contribution in [3.63, 3.8) is 0 Å². The van der Waals surface area contributed by atoms with Crippen LogP contribution in [0.3, 0.4) is 0 Å². The first-order valence-electron chi connectivity index (χ1n) is 5.90. The van der Waals surface area contributed by atoms with Crippen LogP contribution in [0.25, 0.3) is 10.9 Å². The van der Waals surface area contributed by atoms with Crippen molar-refractivity contribution in [2.24, 2.45) is 7.05 Å². The lowest BCUT2D eigenvalue weighted by Gasteiger charge is -2.21. The maximum absolute atomic E-state index is 2.39. The second-order valence-corrected chi connectivity index (χ2v) is 4.00. The van der Waals surface area contributed by atoms with Gasteiger partial charge in [-0.25, -0.2) is 4.57 Å². The Morgan fingerprint density at radius 3 is 2.44 bits per heavy atom. The molecular weight excluding hydrogens is 196 g/mol. The zero-order valence-electron chi connectivity index (χ0n) is 10.3. The number of hydrogen-bond donors (Lipinski definition) is 0. The molecule has 2 aromatic rings. The second kappa shape index (κ2) is 4.52. The van der Waals surface area contributed by atoms with E-state index in [1.54, 1.807) is 0 Å². The molecule has 1 aromatic heterocycles. The molecule has 0 atom stereocenters. The standard InChI is InChI=1S/C14H19N2/c1-4-16(5-2)14-10-11-15(3)13-9-7-6-8-12(13)14/h6-11H,4-5H2,1-3H3/q+1. The molecule has 0 amide bonds. The van der Waals surface area contributed by atoms with E-state index in [4.69, 9.17) is 0 Å². The van der Waals surface area contributed by atoms with E-state index in [0.29, 0.717) is 0 Å². The van der Waals surface area contributed by atoms with Gasteiger partial charge < -0.3 is 4.90 Å². The van der Waals surface area contributed by atoms with Gasteiger partial charge >= 0.3 is 0 Å². The molecule has 0 saturated heterocycles. The molecule has 16 heavy (non-hydrogen) atoms. The van der Waals surface area contributed by atoms with Gasteiger partial charge in [0.1, 0.15) is 7.05 Å². The molecule has 0 aliphatic carbocycles. The Labute approximate surface area is 97.1 Å². The molecule has 0 N–H and O–H groups in total. The van der Waals surface area contributed by atoms with Gasteiger partial charge in [-0.05, 0) is 19.9 Å². The van der Waals surface area contributed by atoms with Crippen LogP contribution in [0.1, 0.15) is 13.8 Å². The number of fused-ring (bicyclic) bond motifs is 1. The van der Waals surface area contributed by atoms with Crippen LogP contribution in [0.5, 0.6) is 0 Å². The molecule has 1 aromatic carbocycles. The van der Waals surface area contributed by atoms with Crippen molar-refractivity contribution in [3.05, 3.63) is 36.5 Å². The van der Waals surface area contributed by atoms with Gasteiger partial charge in [-0.1, -0.05) is 12.1 Å². The molecular formula is C14H19N2+. The van der Waals surface area contributed by atoms with E-state index >= 15 is 0 Å². The number of rotatable bonds is 3. The molecule has 0 spiro atoms. The molecule has 0 radical (unpaired) electrons. The summed E-state index contributed by atoms with van der Waals surface area (Å²) in [6.45, 7) is 6.50. The Bertz CT molecular complexity index is 487. The largest absolute Gasteiger partial charge is 0.371 e. The Morgan fingerprint density at radius 1 is 1.06 bits per heavy atom. The maximum Gasteiger partial charge on any atom is 0.214 e. The number of nitrogens with zero attached hydrogens (tertiary/aromatic N) is 2. The minimum atomic E-state index is 1.05. The summed E-state index contributed by atoms with van der Waals surface area (Å²) in [5.74, 6) is 0. The first-order valence-corrected chi connectivity index (χ1v) is 5.90. The third-order valence-electron chi connectivity index (χ3n) is 3.12. The van der Waals surface area contributed by atoms with Gasteiger partial charge in [-0.2, -0.15) is 0 Å². The molecule has 0 unspecified atom stereocenters. The van der Waals surface area contributed by atoms with E-state index in [-0.39, 0.29) is 0 Å². The highest BCUT2D eigenvalue weighted by Crippen LogP contribution is 2.23. The van der Waals surface area contributed by atoms with E-state index in [2.05, 4.69) is 66.9 Å². The molecule has 0 aliphatic rings. The van der Waals surface area contributed by atoms with Gasteiger partial charge in [0.2, 0.25) is 5.52 Å². The van der Waals surface area contributed by atoms with Crippen LogP contribution < -0.4 is 9.47 Å². The Hall–Kier alpha value is -1.57. The van der Waals surface area contributed by atoms with Crippen LogP contribution in [0, 0.1) is 0 Å². The van der Waals surface area contributed by atoms with Crippen molar-refractivity contribution in [2.45, 2.75) is 13.8 Å². The molecule has 0 saturated carbocycles. The maximum atomic E-state index is 2.39. The summed E-state index contributed by atoms with van der Waals surface area (Å²) in [6.07, 6.45) is 2.13. The minimum absolute atomic E-state index is 1.05. The number of benzene rings is 1. The Kier molecular flexibility index (Phi) is 3.09. The van der Waals surface area contributed by atoms with Crippen molar-refractivity contribution in [3.8, 4) is 0 Å². The highest BCUT2D eigenvalue weighted by molar-refractivity contribution is 5.89. The quantitative estimate of drug-likeness (QED) is 0.714. The number of anilines is 1. The smallest absolute Gasteiger partial charge is 0.214 e. The number of para-hydroxylation sites is 1. The Balaban J connectivity index is 2.66. The molecule has 2 rings (SSSR count). The third kappa shape index (κ3) is 1.75. The SMILES string of the molecule is CCN(CC)c1cc[n+](C)c2ccccc12. The molecule has 84 valence electrons. The first kappa shape index (κ1) is 10.9. The van der Waals surface area contributed by atoms with E-state index < -0.39 is 0 Å². The summed E-state index contributed by atoms with van der Waals surface area (Å²) in [4.78, 5) is 2.39. The lowest BCUT2D eigenvalue weighted by molar-refractivity contribution is -0.644. The van der Waals surface area contributed by atoms with Gasteiger partial charge in [0.25, 0.3) is 0 Å². The Morgan fingerprint density at radius 2 is 1.75 bits per heavy atom. The predicted molar refractivity (Wildman–Crippen MR) is 68.7 cm³/mol. The van der Waals surface area contributed by atoms with Crippen molar-refractivity contribution in [2.75, 3.05) is 18.0 Å². The summed E-state index contributed by atoms with van der Waals surface area (Å²) in [6, 6.07) is 10.8. The van der Waals surface area contributed by atoms with Gasteiger partial charge in [-0.3, -0.25) is 0 Å². The van der Waals surface area contributed by atoms with Crippen LogP contribution in [0.15, 0.2) is 36.5 Å². The number of pyridine rings is 1. The van der Waals surface area contributed by atoms with E-state index in [1.807, 2.05) is 0 Å². The average Bonchev–Trinajstić information content (AvgIpc) is 2.34. The average molecular weight is 215 g/mol. The van der Waals surface area contributed by atoms with Crippen LogP contribution in [-0.4, -0.2) is 13.1 Å². The van der Waals surface area contributed by atoms with Crippen LogP contribution in [0.4, 0.5) is 5.69 Å². The summed E-state index contributed by atoms with van der Waals surface area (Å²) in [5, 5.41) is 1.33. The highest BCUT2D eigenvalue weighted by atomic mass is 15.1. The summed E-state index contributed by atoms with van der Waals surface area (Å²) in [5.41, 5.74) is 2.62. The van der Waals surface area contributed by atoms with Gasteiger partial charge in [0.15, 0.2) is 6.20 Å². The zero-order valence-corrected chi connectivity index (χ0v) is 10.3. The topological polar surface area (TPSA) is 7.12 Å². The van der Waals surface area contributed by atoms with Gasteiger partial charge in [-0.15, -0.1) is 0 Å². The van der Waals surface area contributed by atoms with Gasteiger partial charge in [0, 0.05) is 25.2 Å². The number of aromatic nitrogens is 1. The highest BCUT2D eigenvalue weighted by Gasteiger charge is 2.11. The van der Waals surface area contributed by atoms with Crippen LogP contribution >= 0.6 is 0 Å². The predicted octanol–water partition coefficient (Wildman–Crippen LogP) is 2.51. The van der Waals surface area contributed by atoms with Crippen molar-refractivity contribution in [1.82, 2.24) is 0 Å². The van der Waals surface area contributed by atoms with Crippen LogP contribution in [-0.2, 0) is 7.05 Å². The fourth-order valence-corrected chi connectivity index (χ4v) is 2.19. The zero-order chi connectivity index (χ0) is 11.5. The molecule has 0 aliphatic heterocycles. The molecule has 2 nitrogen and oxygen atoms in total. The fraction of sp³-hybridized carbons (Fsp3) is 0.357. The van der Waals surface area contributed by atoms with Crippen molar-refractivity contribution in [1.29, 1.82) is 0 Å². The molecule has 0 bridgehead atoms. The van der Waals surface area contributed by atoms with E-state index in [1.165, 1.54) is 16.6 Å². The number of hydrogen-bond acceptors (Lipinski definition) is 1. The second-order valence-electron chi connectivity index (χ2n) is 4.00. The molecule has 1 heterocycles. The monoisotopic (exact) mass is 215 g/mol. The summed E-state index contributed by atoms with van der Waals surface area (Å²) < 4.78 is 2.17. The third-order valence-corrected chi connectivity index (χ3v) is 3.12.